The number of amides is 1. The van der Waals surface area contributed by atoms with Crippen molar-refractivity contribution in [3.63, 3.8) is 0 Å². The van der Waals surface area contributed by atoms with Crippen molar-refractivity contribution in [3.05, 3.63) is 63.4 Å². The minimum Gasteiger partial charge on any atom is -0.390 e. The highest BCUT2D eigenvalue weighted by Gasteiger charge is 2.66. The van der Waals surface area contributed by atoms with Crippen molar-refractivity contribution >= 4 is 40.6 Å². The highest BCUT2D eigenvalue weighted by molar-refractivity contribution is 6.31. The summed E-state index contributed by atoms with van der Waals surface area (Å²) >= 11 is 12.6. The number of anilines is 1. The molecule has 39 heavy (non-hydrogen) atoms. The number of fused-ring (bicyclic) bond motifs is 2. The van der Waals surface area contributed by atoms with Crippen LogP contribution in [0.2, 0.25) is 10.0 Å². The van der Waals surface area contributed by atoms with E-state index in [1.807, 2.05) is 13.0 Å². The van der Waals surface area contributed by atoms with Gasteiger partial charge in [-0.1, -0.05) is 62.2 Å². The van der Waals surface area contributed by atoms with Gasteiger partial charge in [0.2, 0.25) is 5.91 Å². The van der Waals surface area contributed by atoms with Crippen molar-refractivity contribution in [2.75, 3.05) is 5.32 Å². The van der Waals surface area contributed by atoms with Crippen LogP contribution >= 0.6 is 23.2 Å². The highest BCUT2D eigenvalue weighted by Crippen LogP contribution is 2.57. The van der Waals surface area contributed by atoms with Crippen LogP contribution in [0.15, 0.2) is 36.4 Å². The molecule has 1 saturated heterocycles. The molecule has 3 aliphatic rings. The van der Waals surface area contributed by atoms with Crippen molar-refractivity contribution < 1.29 is 19.1 Å². The van der Waals surface area contributed by atoms with E-state index in [0.29, 0.717) is 42.0 Å². The maximum atomic E-state index is 15.9. The molecule has 3 N–H and O–H groups in total. The summed E-state index contributed by atoms with van der Waals surface area (Å²) in [7, 11) is 0. The minimum atomic E-state index is -1.24. The summed E-state index contributed by atoms with van der Waals surface area (Å²) in [5, 5.41) is 17.4. The smallest absolute Gasteiger partial charge is 0.237 e. The molecule has 2 heterocycles. The molecular weight excluding hydrogens is 538 g/mol. The number of rotatable bonds is 5. The van der Waals surface area contributed by atoms with Crippen LogP contribution in [0, 0.1) is 17.2 Å². The Labute approximate surface area is 239 Å². The summed E-state index contributed by atoms with van der Waals surface area (Å²) in [6.07, 6.45) is 3.67. The summed E-state index contributed by atoms with van der Waals surface area (Å²) in [4.78, 5) is 28.3. The lowest BCUT2D eigenvalue weighted by Gasteiger charge is -2.38. The molecule has 210 valence electrons. The lowest BCUT2D eigenvalue weighted by Crippen LogP contribution is -2.49. The Bertz CT molecular complexity index is 1300. The lowest BCUT2D eigenvalue weighted by atomic mass is 9.62. The Balaban J connectivity index is 1.65. The SMILES string of the molecule is CC(C)(C)C[C@@H]1N[C@@H](C(=O)CC2CCC(C)(O)CC2)[C@H](c2cccc(Cl)c2F)[C@]12C(=O)Nc1cc(Cl)ccc12. The molecule has 0 bridgehead atoms. The Morgan fingerprint density at radius 2 is 1.85 bits per heavy atom. The standard InChI is InChI=1S/C31H37Cl2FN2O3/c1-29(2,3)16-24-31(20-9-8-18(32)15-22(20)35-28(31)38)25(19-6-5-7-21(33)26(19)34)27(36-24)23(37)14-17-10-12-30(4,39)13-11-17/h5-9,15,17,24-25,27,36,39H,10-14,16H2,1-4H3,(H,35,38)/t17?,24-,25-,27-,30?,31+/m0/s1. The second-order valence-electron chi connectivity index (χ2n) is 13.2. The number of Topliss-reactive ketones (excluding diaryl/α,β-unsaturated/α-hetero) is 1. The number of hydrogen-bond donors (Lipinski definition) is 3. The second-order valence-corrected chi connectivity index (χ2v) is 14.0. The van der Waals surface area contributed by atoms with E-state index in [9.17, 15) is 14.7 Å². The predicted molar refractivity (Wildman–Crippen MR) is 153 cm³/mol. The summed E-state index contributed by atoms with van der Waals surface area (Å²) in [5.74, 6) is -1.61. The normalized spacial score (nSPS) is 32.4. The first-order valence-electron chi connectivity index (χ1n) is 13.8. The zero-order valence-electron chi connectivity index (χ0n) is 22.9. The van der Waals surface area contributed by atoms with Crippen molar-refractivity contribution in [2.45, 2.75) is 95.2 Å². The quantitative estimate of drug-likeness (QED) is 0.367. The van der Waals surface area contributed by atoms with Gasteiger partial charge < -0.3 is 15.7 Å². The molecule has 2 aromatic rings. The number of benzene rings is 2. The molecule has 1 saturated carbocycles. The summed E-state index contributed by atoms with van der Waals surface area (Å²) in [6.45, 7) is 8.12. The van der Waals surface area contributed by atoms with Crippen LogP contribution in [0.5, 0.6) is 0 Å². The van der Waals surface area contributed by atoms with Crippen LogP contribution in [-0.4, -0.2) is 34.5 Å². The van der Waals surface area contributed by atoms with Gasteiger partial charge in [0.05, 0.1) is 16.7 Å². The third-order valence-electron chi connectivity index (χ3n) is 8.96. The van der Waals surface area contributed by atoms with Crippen LogP contribution < -0.4 is 10.6 Å². The van der Waals surface area contributed by atoms with E-state index in [-0.39, 0.29) is 33.6 Å². The average molecular weight is 576 g/mol. The van der Waals surface area contributed by atoms with Gasteiger partial charge in [0.1, 0.15) is 11.2 Å². The van der Waals surface area contributed by atoms with Gasteiger partial charge in [-0.3, -0.25) is 9.59 Å². The summed E-state index contributed by atoms with van der Waals surface area (Å²) in [6, 6.07) is 8.86. The number of carbonyl (C=O) groups excluding carboxylic acids is 2. The molecule has 8 heteroatoms. The van der Waals surface area contributed by atoms with Crippen LogP contribution in [-0.2, 0) is 15.0 Å². The van der Waals surface area contributed by atoms with Gasteiger partial charge in [-0.05, 0) is 79.7 Å². The maximum absolute atomic E-state index is 15.9. The van der Waals surface area contributed by atoms with Gasteiger partial charge in [-0.15, -0.1) is 0 Å². The number of hydrogen-bond acceptors (Lipinski definition) is 4. The Morgan fingerprint density at radius 1 is 1.15 bits per heavy atom. The molecule has 1 aliphatic carbocycles. The summed E-state index contributed by atoms with van der Waals surface area (Å²) in [5.41, 5.74) is -0.573. The van der Waals surface area contributed by atoms with Crippen molar-refractivity contribution in [1.82, 2.24) is 5.32 Å². The first-order chi connectivity index (χ1) is 18.2. The van der Waals surface area contributed by atoms with E-state index in [1.54, 1.807) is 24.3 Å². The molecule has 1 amide bonds. The minimum absolute atomic E-state index is 0.0441. The number of aliphatic hydroxyl groups is 1. The monoisotopic (exact) mass is 574 g/mol. The molecule has 0 radical (unpaired) electrons. The third kappa shape index (κ3) is 5.14. The van der Waals surface area contributed by atoms with Gasteiger partial charge in [0.15, 0.2) is 5.78 Å². The van der Waals surface area contributed by atoms with Crippen LogP contribution in [0.4, 0.5) is 10.1 Å². The first-order valence-corrected chi connectivity index (χ1v) is 14.5. The van der Waals surface area contributed by atoms with Crippen LogP contribution in [0.3, 0.4) is 0 Å². The largest absolute Gasteiger partial charge is 0.390 e. The zero-order chi connectivity index (χ0) is 28.3. The van der Waals surface area contributed by atoms with Gasteiger partial charge >= 0.3 is 0 Å². The van der Waals surface area contributed by atoms with Gasteiger partial charge in [0.25, 0.3) is 0 Å². The maximum Gasteiger partial charge on any atom is 0.237 e. The molecule has 0 unspecified atom stereocenters. The topological polar surface area (TPSA) is 78.4 Å². The van der Waals surface area contributed by atoms with E-state index in [2.05, 4.69) is 31.4 Å². The van der Waals surface area contributed by atoms with Gasteiger partial charge in [-0.25, -0.2) is 4.39 Å². The van der Waals surface area contributed by atoms with Crippen LogP contribution in [0.25, 0.3) is 0 Å². The third-order valence-corrected chi connectivity index (χ3v) is 9.48. The number of carbonyl (C=O) groups is 2. The Kier molecular flexibility index (Phi) is 7.41. The average Bonchev–Trinajstić information content (AvgIpc) is 3.31. The number of ketones is 1. The fourth-order valence-electron chi connectivity index (χ4n) is 7.12. The highest BCUT2D eigenvalue weighted by atomic mass is 35.5. The van der Waals surface area contributed by atoms with E-state index in [4.69, 9.17) is 23.2 Å². The number of nitrogens with one attached hydrogen (secondary N) is 2. The predicted octanol–water partition coefficient (Wildman–Crippen LogP) is 6.78. The molecule has 2 fully saturated rings. The fourth-order valence-corrected chi connectivity index (χ4v) is 7.47. The Hall–Kier alpha value is -1.99. The van der Waals surface area contributed by atoms with Crippen molar-refractivity contribution in [3.8, 4) is 0 Å². The molecular formula is C31H37Cl2FN2O3. The summed E-state index contributed by atoms with van der Waals surface area (Å²) < 4.78 is 15.9. The molecule has 0 aromatic heterocycles. The van der Waals surface area contributed by atoms with E-state index in [0.717, 1.165) is 12.8 Å². The molecule has 5 nitrogen and oxygen atoms in total. The van der Waals surface area contributed by atoms with Crippen molar-refractivity contribution in [2.24, 2.45) is 11.3 Å². The fraction of sp³-hybridized carbons (Fsp3) is 0.548. The molecule has 4 atom stereocenters. The van der Waals surface area contributed by atoms with E-state index >= 15 is 4.39 Å². The van der Waals surface area contributed by atoms with E-state index in [1.165, 1.54) is 6.07 Å². The Morgan fingerprint density at radius 3 is 2.51 bits per heavy atom. The first kappa shape index (κ1) is 28.5. The molecule has 5 rings (SSSR count). The second kappa shape index (κ2) is 10.1. The van der Waals surface area contributed by atoms with Crippen LogP contribution in [0.1, 0.15) is 83.3 Å². The molecule has 2 aliphatic heterocycles. The molecule has 2 aromatic carbocycles. The van der Waals surface area contributed by atoms with E-state index < -0.39 is 34.8 Å². The van der Waals surface area contributed by atoms with Crippen molar-refractivity contribution in [1.29, 1.82) is 0 Å². The zero-order valence-corrected chi connectivity index (χ0v) is 24.4. The number of halogens is 3. The molecule has 1 spiro atoms. The lowest BCUT2D eigenvalue weighted by molar-refractivity contribution is -0.123. The van der Waals surface area contributed by atoms with Gasteiger partial charge in [-0.2, -0.15) is 0 Å². The van der Waals surface area contributed by atoms with Gasteiger partial charge in [0, 0.05) is 29.1 Å².